The SMILES string of the molecule is O=P(O)(O)CP(=O)(O)OC[C@H]1O[C@@H](n2cnc3c(NC4CCCC4)nc(Cl)cc32)[C@@H](F)[C@@H]1O. The Balaban J connectivity index is 1.53. The Hall–Kier alpha value is -1.14. The van der Waals surface area contributed by atoms with Crippen LogP contribution in [0.3, 0.4) is 0 Å². The highest BCUT2D eigenvalue weighted by Gasteiger charge is 2.47. The van der Waals surface area contributed by atoms with Crippen molar-refractivity contribution in [2.24, 2.45) is 0 Å². The summed E-state index contributed by atoms with van der Waals surface area (Å²) in [6, 6.07) is 1.71. The zero-order valence-corrected chi connectivity index (χ0v) is 19.7. The molecule has 1 aliphatic heterocycles. The van der Waals surface area contributed by atoms with Crippen LogP contribution in [0.15, 0.2) is 12.4 Å². The number of hydrogen-bond donors (Lipinski definition) is 5. The highest BCUT2D eigenvalue weighted by atomic mass is 35.5. The molecule has 3 heterocycles. The molecule has 0 spiro atoms. The number of imidazole rings is 1. The third kappa shape index (κ3) is 5.75. The molecule has 2 aromatic heterocycles. The summed E-state index contributed by atoms with van der Waals surface area (Å²) in [7, 11) is -9.52. The van der Waals surface area contributed by atoms with Crippen molar-refractivity contribution < 1.29 is 42.6 Å². The molecule has 5 atom stereocenters. The van der Waals surface area contributed by atoms with E-state index in [1.54, 1.807) is 0 Å². The van der Waals surface area contributed by atoms with Crippen molar-refractivity contribution in [3.63, 3.8) is 0 Å². The molecule has 5 N–H and O–H groups in total. The van der Waals surface area contributed by atoms with Crippen LogP contribution in [0.2, 0.25) is 5.15 Å². The molecular weight excluding hydrogens is 505 g/mol. The molecule has 1 unspecified atom stereocenters. The molecule has 16 heteroatoms. The van der Waals surface area contributed by atoms with E-state index >= 15 is 0 Å². The van der Waals surface area contributed by atoms with Crippen LogP contribution in [-0.4, -0.2) is 71.3 Å². The van der Waals surface area contributed by atoms with Gasteiger partial charge in [-0.25, -0.2) is 14.4 Å². The predicted octanol–water partition coefficient (Wildman–Crippen LogP) is 2.37. The number of rotatable bonds is 8. The molecule has 2 fully saturated rings. The van der Waals surface area contributed by atoms with Crippen molar-refractivity contribution in [3.05, 3.63) is 17.5 Å². The average molecular weight is 529 g/mol. The van der Waals surface area contributed by atoms with Gasteiger partial charge in [0.1, 0.15) is 22.9 Å². The summed E-state index contributed by atoms with van der Waals surface area (Å²) in [4.78, 5) is 35.9. The van der Waals surface area contributed by atoms with Gasteiger partial charge in [0.15, 0.2) is 24.1 Å². The van der Waals surface area contributed by atoms with Gasteiger partial charge in [0.05, 0.1) is 18.5 Å². The zero-order valence-electron chi connectivity index (χ0n) is 17.2. The second-order valence-corrected chi connectivity index (χ2v) is 12.6. The van der Waals surface area contributed by atoms with Gasteiger partial charge in [-0.1, -0.05) is 24.4 Å². The predicted molar refractivity (Wildman–Crippen MR) is 116 cm³/mol. The van der Waals surface area contributed by atoms with Crippen LogP contribution in [-0.2, 0) is 18.4 Å². The molecule has 0 radical (unpaired) electrons. The van der Waals surface area contributed by atoms with E-state index in [2.05, 4.69) is 19.8 Å². The average Bonchev–Trinajstić information content (AvgIpc) is 3.40. The number of aliphatic hydroxyl groups is 1. The number of aliphatic hydroxyl groups excluding tert-OH is 1. The fourth-order valence-corrected chi connectivity index (χ4v) is 6.85. The van der Waals surface area contributed by atoms with Crippen LogP contribution in [0.5, 0.6) is 0 Å². The minimum absolute atomic E-state index is 0.150. The molecule has 2 aromatic rings. The van der Waals surface area contributed by atoms with Gasteiger partial charge in [-0.15, -0.1) is 0 Å². The van der Waals surface area contributed by atoms with Gasteiger partial charge in [0, 0.05) is 12.1 Å². The lowest BCUT2D eigenvalue weighted by Crippen LogP contribution is -2.31. The Morgan fingerprint density at radius 2 is 2.00 bits per heavy atom. The van der Waals surface area contributed by atoms with E-state index < -0.39 is 52.3 Å². The molecule has 4 rings (SSSR count). The zero-order chi connectivity index (χ0) is 24.0. The Kier molecular flexibility index (Phi) is 7.18. The normalized spacial score (nSPS) is 28.4. The van der Waals surface area contributed by atoms with E-state index in [0.717, 1.165) is 25.7 Å². The lowest BCUT2D eigenvalue weighted by atomic mass is 10.1. The minimum Gasteiger partial charge on any atom is -0.387 e. The molecule has 184 valence electrons. The van der Waals surface area contributed by atoms with E-state index in [1.807, 2.05) is 0 Å². The number of aromatic nitrogens is 3. The monoisotopic (exact) mass is 528 g/mol. The molecule has 1 saturated carbocycles. The standard InChI is InChI=1S/C17H24ClFN4O8P2/c18-12-5-10-14(16(22-12)21-9-3-1-2-4-9)20-7-23(10)17-13(19)15(24)11(31-17)6-30-33(28,29)8-32(25,26)27/h5,7,9,11,13,15,17,24H,1-4,6,8H2,(H,21,22)(H,28,29)(H2,25,26,27)/t11-,13+,15-,17-/m1/s1. The maximum atomic E-state index is 14.9. The van der Waals surface area contributed by atoms with E-state index in [4.69, 9.17) is 26.1 Å². The molecule has 0 amide bonds. The number of anilines is 1. The van der Waals surface area contributed by atoms with E-state index in [0.29, 0.717) is 16.9 Å². The molecule has 1 aliphatic carbocycles. The number of alkyl halides is 1. The van der Waals surface area contributed by atoms with Gasteiger partial charge in [-0.3, -0.25) is 9.13 Å². The third-order valence-electron chi connectivity index (χ3n) is 5.60. The number of pyridine rings is 1. The number of nitrogens with zero attached hydrogens (tertiary/aromatic N) is 3. The van der Waals surface area contributed by atoms with Crippen molar-refractivity contribution in [2.75, 3.05) is 17.8 Å². The van der Waals surface area contributed by atoms with Crippen LogP contribution in [0.4, 0.5) is 10.2 Å². The van der Waals surface area contributed by atoms with E-state index in [1.165, 1.54) is 17.0 Å². The molecule has 12 nitrogen and oxygen atoms in total. The smallest absolute Gasteiger partial charge is 0.340 e. The summed E-state index contributed by atoms with van der Waals surface area (Å²) in [5, 5.41) is 13.7. The highest BCUT2D eigenvalue weighted by Crippen LogP contribution is 2.55. The second kappa shape index (κ2) is 9.49. The number of nitrogens with one attached hydrogen (secondary N) is 1. The fourth-order valence-electron chi connectivity index (χ4n) is 4.10. The maximum Gasteiger partial charge on any atom is 0.340 e. The first-order valence-corrected chi connectivity index (χ1v) is 14.2. The largest absolute Gasteiger partial charge is 0.387 e. The summed E-state index contributed by atoms with van der Waals surface area (Å²) in [5.41, 5.74) is 0.851. The summed E-state index contributed by atoms with van der Waals surface area (Å²) < 4.78 is 49.3. The molecule has 1 saturated heterocycles. The summed E-state index contributed by atoms with van der Waals surface area (Å²) in [6.07, 6.45) is -0.898. The Morgan fingerprint density at radius 3 is 2.67 bits per heavy atom. The van der Waals surface area contributed by atoms with Crippen molar-refractivity contribution in [3.8, 4) is 0 Å². The van der Waals surface area contributed by atoms with Gasteiger partial charge < -0.3 is 38.9 Å². The number of fused-ring (bicyclic) bond motifs is 1. The van der Waals surface area contributed by atoms with Crippen molar-refractivity contribution >= 4 is 43.6 Å². The number of ether oxygens (including phenoxy) is 1. The van der Waals surface area contributed by atoms with Crippen molar-refractivity contribution in [1.29, 1.82) is 0 Å². The van der Waals surface area contributed by atoms with E-state index in [9.17, 15) is 23.5 Å². The first kappa shape index (κ1) is 25.0. The minimum atomic E-state index is -4.83. The molecular formula is C17H24ClFN4O8P2. The quantitative estimate of drug-likeness (QED) is 0.251. The van der Waals surface area contributed by atoms with Gasteiger partial charge >= 0.3 is 15.2 Å². The summed E-state index contributed by atoms with van der Waals surface area (Å²) in [6.45, 7) is -0.755. The topological polar surface area (TPSA) is 176 Å². The van der Waals surface area contributed by atoms with Crippen LogP contribution < -0.4 is 5.32 Å². The lowest BCUT2D eigenvalue weighted by molar-refractivity contribution is -0.0423. The van der Waals surface area contributed by atoms with Crippen LogP contribution in [0.25, 0.3) is 11.0 Å². The Bertz CT molecular complexity index is 1110. The lowest BCUT2D eigenvalue weighted by Gasteiger charge is -2.18. The van der Waals surface area contributed by atoms with Gasteiger partial charge in [0.2, 0.25) is 0 Å². The third-order valence-corrected chi connectivity index (χ3v) is 9.25. The molecule has 33 heavy (non-hydrogen) atoms. The van der Waals surface area contributed by atoms with Gasteiger partial charge in [0.25, 0.3) is 0 Å². The van der Waals surface area contributed by atoms with E-state index in [-0.39, 0.29) is 11.2 Å². The Labute approximate surface area is 192 Å². The highest BCUT2D eigenvalue weighted by molar-refractivity contribution is 7.70. The first-order chi connectivity index (χ1) is 15.4. The summed E-state index contributed by atoms with van der Waals surface area (Å²) in [5.74, 6) is -0.949. The number of hydrogen-bond acceptors (Lipinski definition) is 8. The summed E-state index contributed by atoms with van der Waals surface area (Å²) >= 11 is 6.17. The molecule has 0 aromatic carbocycles. The van der Waals surface area contributed by atoms with Gasteiger partial charge in [-0.2, -0.15) is 0 Å². The van der Waals surface area contributed by atoms with Crippen molar-refractivity contribution in [2.45, 2.75) is 56.3 Å². The first-order valence-electron chi connectivity index (χ1n) is 10.2. The van der Waals surface area contributed by atoms with Gasteiger partial charge in [-0.05, 0) is 12.8 Å². The van der Waals surface area contributed by atoms with Crippen LogP contribution in [0, 0.1) is 0 Å². The molecule has 2 aliphatic rings. The van der Waals surface area contributed by atoms with Crippen LogP contribution >= 0.6 is 26.8 Å². The molecule has 0 bridgehead atoms. The van der Waals surface area contributed by atoms with Crippen LogP contribution in [0.1, 0.15) is 31.9 Å². The number of halogens is 2. The van der Waals surface area contributed by atoms with Crippen molar-refractivity contribution in [1.82, 2.24) is 14.5 Å². The fraction of sp³-hybridized carbons (Fsp3) is 0.647. The Morgan fingerprint density at radius 1 is 1.30 bits per heavy atom. The maximum absolute atomic E-state index is 14.9. The second-order valence-electron chi connectivity index (χ2n) is 8.18.